The fourth-order valence-corrected chi connectivity index (χ4v) is 3.24. The number of hydrogen-bond donors (Lipinski definition) is 1. The predicted octanol–water partition coefficient (Wildman–Crippen LogP) is 2.48. The van der Waals surface area contributed by atoms with E-state index in [9.17, 15) is 0 Å². The normalized spacial score (nSPS) is 38.0. The Morgan fingerprint density at radius 2 is 2.13 bits per heavy atom. The third kappa shape index (κ3) is 1.94. The van der Waals surface area contributed by atoms with Crippen LogP contribution in [0.15, 0.2) is 11.6 Å². The lowest BCUT2D eigenvalue weighted by molar-refractivity contribution is 0.232. The summed E-state index contributed by atoms with van der Waals surface area (Å²) in [4.78, 5) is 0. The van der Waals surface area contributed by atoms with Crippen LogP contribution in [0, 0.1) is 28.6 Å². The second-order valence-corrected chi connectivity index (χ2v) is 6.02. The van der Waals surface area contributed by atoms with Crippen LogP contribution in [-0.2, 0) is 0 Å². The molecule has 0 bridgehead atoms. The second kappa shape index (κ2) is 3.64. The van der Waals surface area contributed by atoms with Crippen molar-refractivity contribution in [2.75, 3.05) is 6.54 Å². The minimum absolute atomic E-state index is 0.335. The molecule has 0 amide bonds. The number of nitrogens with one attached hydrogen (secondary N) is 1. The van der Waals surface area contributed by atoms with E-state index < -0.39 is 0 Å². The van der Waals surface area contributed by atoms with Gasteiger partial charge in [-0.15, -0.1) is 0 Å². The number of fused-ring (bicyclic) bond motifs is 1. The molecule has 0 aromatic carbocycles. The van der Waals surface area contributed by atoms with Crippen molar-refractivity contribution >= 4 is 0 Å². The largest absolute Gasteiger partial charge is 0.313 e. The van der Waals surface area contributed by atoms with Gasteiger partial charge in [-0.2, -0.15) is 5.26 Å². The van der Waals surface area contributed by atoms with Crippen molar-refractivity contribution in [1.29, 1.82) is 5.26 Å². The number of nitrogens with zero attached hydrogens (tertiary/aromatic N) is 1. The van der Waals surface area contributed by atoms with E-state index in [2.05, 4.69) is 32.2 Å². The first-order chi connectivity index (χ1) is 7.02. The zero-order valence-corrected chi connectivity index (χ0v) is 9.88. The van der Waals surface area contributed by atoms with Gasteiger partial charge in [0.25, 0.3) is 0 Å². The van der Waals surface area contributed by atoms with Gasteiger partial charge in [0.15, 0.2) is 0 Å². The molecule has 1 aliphatic carbocycles. The Morgan fingerprint density at radius 1 is 1.40 bits per heavy atom. The highest BCUT2D eigenvalue weighted by molar-refractivity contribution is 5.21. The zero-order valence-electron chi connectivity index (χ0n) is 9.88. The topological polar surface area (TPSA) is 35.8 Å². The summed E-state index contributed by atoms with van der Waals surface area (Å²) in [7, 11) is 0. The first kappa shape index (κ1) is 10.7. The molecular weight excluding hydrogens is 184 g/mol. The molecule has 1 saturated heterocycles. The van der Waals surface area contributed by atoms with E-state index in [1.807, 2.05) is 0 Å². The maximum atomic E-state index is 8.67. The highest BCUT2D eigenvalue weighted by atomic mass is 15.0. The van der Waals surface area contributed by atoms with Crippen LogP contribution in [0.4, 0.5) is 0 Å². The molecule has 82 valence electrons. The van der Waals surface area contributed by atoms with E-state index in [0.29, 0.717) is 11.5 Å². The molecule has 1 N–H and O–H groups in total. The number of nitriles is 1. The van der Waals surface area contributed by atoms with Crippen molar-refractivity contribution in [1.82, 2.24) is 5.32 Å². The Labute approximate surface area is 92.4 Å². The van der Waals surface area contributed by atoms with Gasteiger partial charge in [-0.3, -0.25) is 0 Å². The summed E-state index contributed by atoms with van der Waals surface area (Å²) in [5, 5.41) is 12.3. The number of hydrogen-bond acceptors (Lipinski definition) is 2. The Morgan fingerprint density at radius 3 is 2.73 bits per heavy atom. The summed E-state index contributed by atoms with van der Waals surface area (Å²) in [6, 6.07) is 2.79. The Kier molecular flexibility index (Phi) is 2.60. The molecule has 0 spiro atoms. The first-order valence-corrected chi connectivity index (χ1v) is 5.83. The maximum Gasteiger partial charge on any atom is 0.0911 e. The Bertz CT molecular complexity index is 316. The summed E-state index contributed by atoms with van der Waals surface area (Å²) in [6.45, 7) is 8.05. The minimum Gasteiger partial charge on any atom is -0.313 e. The molecule has 0 aromatic heterocycles. The van der Waals surface area contributed by atoms with Crippen LogP contribution in [0.3, 0.4) is 0 Å². The van der Waals surface area contributed by atoms with Crippen molar-refractivity contribution in [2.45, 2.75) is 39.7 Å². The highest BCUT2D eigenvalue weighted by Gasteiger charge is 2.45. The van der Waals surface area contributed by atoms with Crippen LogP contribution in [0.25, 0.3) is 0 Å². The number of rotatable bonds is 0. The average molecular weight is 204 g/mol. The van der Waals surface area contributed by atoms with Crippen LogP contribution in [-0.4, -0.2) is 12.6 Å². The molecule has 2 nitrogen and oxygen atoms in total. The second-order valence-electron chi connectivity index (χ2n) is 6.02. The summed E-state index contributed by atoms with van der Waals surface area (Å²) in [5.41, 5.74) is 1.70. The van der Waals surface area contributed by atoms with Gasteiger partial charge in [0.1, 0.15) is 0 Å². The van der Waals surface area contributed by atoms with Gasteiger partial charge >= 0.3 is 0 Å². The SMILES string of the molecule is CC(C)(C)C1NC[C@@H]2C/C(=C\C#N)C[C@H]12. The van der Waals surface area contributed by atoms with Crippen LogP contribution in [0.5, 0.6) is 0 Å². The lowest BCUT2D eigenvalue weighted by Crippen LogP contribution is -2.39. The van der Waals surface area contributed by atoms with Crippen molar-refractivity contribution < 1.29 is 0 Å². The van der Waals surface area contributed by atoms with Gasteiger partial charge < -0.3 is 5.32 Å². The molecule has 1 heterocycles. The molecule has 2 heteroatoms. The quantitative estimate of drug-likeness (QED) is 0.615. The van der Waals surface area contributed by atoms with Gasteiger partial charge in [0.2, 0.25) is 0 Å². The summed E-state index contributed by atoms with van der Waals surface area (Å²) < 4.78 is 0. The van der Waals surface area contributed by atoms with Crippen molar-refractivity contribution in [3.05, 3.63) is 11.6 Å². The van der Waals surface area contributed by atoms with Crippen molar-refractivity contribution in [2.24, 2.45) is 17.3 Å². The van der Waals surface area contributed by atoms with E-state index >= 15 is 0 Å². The third-order valence-corrected chi connectivity index (χ3v) is 3.86. The van der Waals surface area contributed by atoms with Crippen molar-refractivity contribution in [3.8, 4) is 6.07 Å². The van der Waals surface area contributed by atoms with Gasteiger partial charge in [0, 0.05) is 12.1 Å². The molecular formula is C13H20N2. The molecule has 0 radical (unpaired) electrons. The summed E-state index contributed by atoms with van der Waals surface area (Å²) in [5.74, 6) is 1.53. The highest BCUT2D eigenvalue weighted by Crippen LogP contribution is 2.45. The average Bonchev–Trinajstić information content (AvgIpc) is 2.60. The summed E-state index contributed by atoms with van der Waals surface area (Å²) >= 11 is 0. The lowest BCUT2D eigenvalue weighted by atomic mass is 9.78. The Hall–Kier alpha value is -0.810. The van der Waals surface area contributed by atoms with E-state index in [0.717, 1.165) is 31.2 Å². The van der Waals surface area contributed by atoms with Gasteiger partial charge in [-0.1, -0.05) is 26.3 Å². The summed E-state index contributed by atoms with van der Waals surface area (Å²) in [6.07, 6.45) is 4.03. The molecule has 1 saturated carbocycles. The van der Waals surface area contributed by atoms with Crippen LogP contribution >= 0.6 is 0 Å². The minimum atomic E-state index is 0.335. The molecule has 2 fully saturated rings. The van der Waals surface area contributed by atoms with E-state index in [-0.39, 0.29) is 0 Å². The van der Waals surface area contributed by atoms with Crippen LogP contribution in [0.1, 0.15) is 33.6 Å². The van der Waals surface area contributed by atoms with E-state index in [1.54, 1.807) is 6.08 Å². The fourth-order valence-electron chi connectivity index (χ4n) is 3.24. The molecule has 3 atom stereocenters. The third-order valence-electron chi connectivity index (χ3n) is 3.86. The molecule has 2 aliphatic rings. The Balaban J connectivity index is 2.12. The van der Waals surface area contributed by atoms with Crippen LogP contribution in [0.2, 0.25) is 0 Å². The molecule has 0 aromatic rings. The fraction of sp³-hybridized carbons (Fsp3) is 0.769. The molecule has 1 unspecified atom stereocenters. The predicted molar refractivity (Wildman–Crippen MR) is 61.2 cm³/mol. The number of allylic oxidation sites excluding steroid dienone is 2. The van der Waals surface area contributed by atoms with Gasteiger partial charge in [-0.05, 0) is 36.6 Å². The first-order valence-electron chi connectivity index (χ1n) is 5.83. The van der Waals surface area contributed by atoms with Crippen molar-refractivity contribution in [3.63, 3.8) is 0 Å². The lowest BCUT2D eigenvalue weighted by Gasteiger charge is -2.31. The van der Waals surface area contributed by atoms with Gasteiger partial charge in [-0.25, -0.2) is 0 Å². The maximum absolute atomic E-state index is 8.67. The standard InChI is InChI=1S/C13H20N2/c1-13(2,3)12-11-7-9(4-5-14)6-10(11)8-15-12/h4,10-12,15H,6-8H2,1-3H3/b9-4+/t10-,11-,12?/m0/s1. The van der Waals surface area contributed by atoms with Crippen LogP contribution < -0.4 is 5.32 Å². The molecule has 2 rings (SSSR count). The zero-order chi connectivity index (χ0) is 11.1. The molecule has 1 aliphatic heterocycles. The van der Waals surface area contributed by atoms with Gasteiger partial charge in [0.05, 0.1) is 6.07 Å². The smallest absolute Gasteiger partial charge is 0.0911 e. The molecule has 15 heavy (non-hydrogen) atoms. The van der Waals surface area contributed by atoms with E-state index in [4.69, 9.17) is 5.26 Å². The van der Waals surface area contributed by atoms with E-state index in [1.165, 1.54) is 5.57 Å². The monoisotopic (exact) mass is 204 g/mol.